The molecule has 14 heavy (non-hydrogen) atoms. The zero-order valence-electron chi connectivity index (χ0n) is 7.07. The number of guanidine groups is 1. The van der Waals surface area contributed by atoms with E-state index in [1.165, 1.54) is 11.3 Å². The summed E-state index contributed by atoms with van der Waals surface area (Å²) < 4.78 is 1.01. The SMILES string of the molecule is NC(N)=Nc1nc2cc(Cl)ccc2s1. The van der Waals surface area contributed by atoms with Gasteiger partial charge in [-0.2, -0.15) is 4.99 Å². The second-order valence-electron chi connectivity index (χ2n) is 2.65. The van der Waals surface area contributed by atoms with Crippen molar-refractivity contribution in [1.82, 2.24) is 4.98 Å². The van der Waals surface area contributed by atoms with Gasteiger partial charge in [-0.05, 0) is 18.2 Å². The molecule has 0 spiro atoms. The molecule has 2 aromatic rings. The third-order valence-electron chi connectivity index (χ3n) is 1.56. The molecular formula is C8H7ClN4S. The predicted octanol–water partition coefficient (Wildman–Crippen LogP) is 1.85. The molecule has 0 radical (unpaired) electrons. The molecule has 1 heterocycles. The summed E-state index contributed by atoms with van der Waals surface area (Å²) >= 11 is 7.23. The lowest BCUT2D eigenvalue weighted by Crippen LogP contribution is -2.21. The van der Waals surface area contributed by atoms with Crippen LogP contribution in [0.1, 0.15) is 0 Å². The second-order valence-corrected chi connectivity index (χ2v) is 4.09. The van der Waals surface area contributed by atoms with E-state index >= 15 is 0 Å². The molecule has 0 unspecified atom stereocenters. The van der Waals surface area contributed by atoms with E-state index in [2.05, 4.69) is 9.98 Å². The van der Waals surface area contributed by atoms with Crippen molar-refractivity contribution in [1.29, 1.82) is 0 Å². The first-order chi connectivity index (χ1) is 6.65. The summed E-state index contributed by atoms with van der Waals surface area (Å²) in [6.07, 6.45) is 0. The molecule has 0 saturated carbocycles. The lowest BCUT2D eigenvalue weighted by atomic mass is 10.3. The molecule has 1 aromatic carbocycles. The number of nitrogens with zero attached hydrogens (tertiary/aromatic N) is 2. The quantitative estimate of drug-likeness (QED) is 0.576. The van der Waals surface area contributed by atoms with Gasteiger partial charge in [0.25, 0.3) is 0 Å². The summed E-state index contributed by atoms with van der Waals surface area (Å²) in [6.45, 7) is 0. The highest BCUT2D eigenvalue weighted by molar-refractivity contribution is 7.22. The average molecular weight is 227 g/mol. The van der Waals surface area contributed by atoms with Gasteiger partial charge in [0.1, 0.15) is 0 Å². The molecule has 72 valence electrons. The highest BCUT2D eigenvalue weighted by Crippen LogP contribution is 2.29. The van der Waals surface area contributed by atoms with Crippen molar-refractivity contribution in [2.45, 2.75) is 0 Å². The van der Waals surface area contributed by atoms with Gasteiger partial charge in [-0.15, -0.1) is 0 Å². The molecule has 0 bridgehead atoms. The zero-order chi connectivity index (χ0) is 10.1. The van der Waals surface area contributed by atoms with Gasteiger partial charge >= 0.3 is 0 Å². The second kappa shape index (κ2) is 3.43. The van der Waals surface area contributed by atoms with Gasteiger partial charge in [0.15, 0.2) is 5.96 Å². The Kier molecular flexibility index (Phi) is 2.26. The van der Waals surface area contributed by atoms with Gasteiger partial charge in [-0.25, -0.2) is 4.98 Å². The lowest BCUT2D eigenvalue weighted by Gasteiger charge is -1.86. The van der Waals surface area contributed by atoms with E-state index in [9.17, 15) is 0 Å². The van der Waals surface area contributed by atoms with Crippen LogP contribution in [-0.4, -0.2) is 10.9 Å². The topological polar surface area (TPSA) is 77.3 Å². The highest BCUT2D eigenvalue weighted by atomic mass is 35.5. The molecule has 1 aromatic heterocycles. The molecule has 0 saturated heterocycles. The molecular weight excluding hydrogens is 220 g/mol. The van der Waals surface area contributed by atoms with Gasteiger partial charge in [0.2, 0.25) is 5.13 Å². The Hall–Kier alpha value is -1.33. The number of halogens is 1. The van der Waals surface area contributed by atoms with Crippen LogP contribution in [0.15, 0.2) is 23.2 Å². The summed E-state index contributed by atoms with van der Waals surface area (Å²) in [5.74, 6) is 0.00940. The Bertz CT molecular complexity index is 501. The molecule has 4 nitrogen and oxygen atoms in total. The lowest BCUT2D eigenvalue weighted by molar-refractivity contribution is 1.36. The van der Waals surface area contributed by atoms with Crippen molar-refractivity contribution in [2.24, 2.45) is 16.5 Å². The Labute approximate surface area is 89.2 Å². The molecule has 6 heteroatoms. The van der Waals surface area contributed by atoms with Crippen LogP contribution in [-0.2, 0) is 0 Å². The van der Waals surface area contributed by atoms with E-state index in [4.69, 9.17) is 23.1 Å². The maximum atomic E-state index is 5.81. The highest BCUT2D eigenvalue weighted by Gasteiger charge is 2.02. The van der Waals surface area contributed by atoms with Crippen LogP contribution in [0.4, 0.5) is 5.13 Å². The van der Waals surface area contributed by atoms with Gasteiger partial charge in [-0.3, -0.25) is 0 Å². The van der Waals surface area contributed by atoms with Crippen LogP contribution in [0.25, 0.3) is 10.2 Å². The van der Waals surface area contributed by atoms with E-state index in [1.807, 2.05) is 6.07 Å². The van der Waals surface area contributed by atoms with Crippen molar-refractivity contribution in [2.75, 3.05) is 0 Å². The standard InChI is InChI=1S/C8H7ClN4S/c9-4-1-2-6-5(3-4)12-8(14-6)13-7(10)11/h1-3H,(H4,10,11,12,13). The smallest absolute Gasteiger partial charge is 0.213 e. The van der Waals surface area contributed by atoms with E-state index in [0.29, 0.717) is 10.2 Å². The maximum absolute atomic E-state index is 5.81. The zero-order valence-corrected chi connectivity index (χ0v) is 8.64. The van der Waals surface area contributed by atoms with E-state index in [-0.39, 0.29) is 5.96 Å². The van der Waals surface area contributed by atoms with E-state index < -0.39 is 0 Å². The maximum Gasteiger partial charge on any atom is 0.213 e. The van der Waals surface area contributed by atoms with Crippen LogP contribution in [0.3, 0.4) is 0 Å². The monoisotopic (exact) mass is 226 g/mol. The number of fused-ring (bicyclic) bond motifs is 1. The molecule has 0 atom stereocenters. The molecule has 0 fully saturated rings. The van der Waals surface area contributed by atoms with Gasteiger partial charge in [0, 0.05) is 5.02 Å². The Morgan fingerprint density at radius 1 is 1.43 bits per heavy atom. The summed E-state index contributed by atoms with van der Waals surface area (Å²) in [7, 11) is 0. The van der Waals surface area contributed by atoms with Crippen LogP contribution >= 0.6 is 22.9 Å². The number of hydrogen-bond donors (Lipinski definition) is 2. The summed E-state index contributed by atoms with van der Waals surface area (Å²) in [4.78, 5) is 8.06. The summed E-state index contributed by atoms with van der Waals surface area (Å²) in [6, 6.07) is 5.47. The molecule has 0 aliphatic heterocycles. The van der Waals surface area contributed by atoms with Crippen molar-refractivity contribution in [3.8, 4) is 0 Å². The van der Waals surface area contributed by atoms with Crippen molar-refractivity contribution >= 4 is 44.2 Å². The number of aliphatic imine (C=N–C) groups is 1. The summed E-state index contributed by atoms with van der Waals surface area (Å²) in [5, 5.41) is 1.20. The molecule has 0 aliphatic rings. The normalized spacial score (nSPS) is 10.4. The molecule has 2 rings (SSSR count). The van der Waals surface area contributed by atoms with Gasteiger partial charge in [-0.1, -0.05) is 22.9 Å². The van der Waals surface area contributed by atoms with Crippen LogP contribution in [0.2, 0.25) is 5.02 Å². The fourth-order valence-corrected chi connectivity index (χ4v) is 2.05. The minimum absolute atomic E-state index is 0.00940. The number of thiazole rings is 1. The third-order valence-corrected chi connectivity index (χ3v) is 2.73. The number of benzene rings is 1. The Morgan fingerprint density at radius 3 is 2.93 bits per heavy atom. The largest absolute Gasteiger partial charge is 0.370 e. The first-order valence-electron chi connectivity index (χ1n) is 3.81. The first kappa shape index (κ1) is 9.23. The first-order valence-corrected chi connectivity index (χ1v) is 5.00. The summed E-state index contributed by atoms with van der Waals surface area (Å²) in [5.41, 5.74) is 11.3. The van der Waals surface area contributed by atoms with Crippen molar-refractivity contribution in [3.63, 3.8) is 0 Å². The van der Waals surface area contributed by atoms with Crippen molar-refractivity contribution < 1.29 is 0 Å². The van der Waals surface area contributed by atoms with E-state index in [1.54, 1.807) is 12.1 Å². The fourth-order valence-electron chi connectivity index (χ4n) is 1.05. The number of nitrogens with two attached hydrogens (primary N) is 2. The molecule has 4 N–H and O–H groups in total. The predicted molar refractivity (Wildman–Crippen MR) is 60.1 cm³/mol. The number of aromatic nitrogens is 1. The average Bonchev–Trinajstić information content (AvgIpc) is 2.44. The Morgan fingerprint density at radius 2 is 2.21 bits per heavy atom. The fraction of sp³-hybridized carbons (Fsp3) is 0. The Balaban J connectivity index is 2.57. The van der Waals surface area contributed by atoms with Crippen LogP contribution in [0, 0.1) is 0 Å². The van der Waals surface area contributed by atoms with Crippen LogP contribution < -0.4 is 11.5 Å². The molecule has 0 amide bonds. The number of rotatable bonds is 1. The van der Waals surface area contributed by atoms with E-state index in [0.717, 1.165) is 10.2 Å². The van der Waals surface area contributed by atoms with Gasteiger partial charge in [0.05, 0.1) is 10.2 Å². The minimum Gasteiger partial charge on any atom is -0.370 e. The van der Waals surface area contributed by atoms with Crippen LogP contribution in [0.5, 0.6) is 0 Å². The van der Waals surface area contributed by atoms with Gasteiger partial charge < -0.3 is 11.5 Å². The third kappa shape index (κ3) is 1.78. The van der Waals surface area contributed by atoms with Crippen molar-refractivity contribution in [3.05, 3.63) is 23.2 Å². The molecule has 0 aliphatic carbocycles. The number of hydrogen-bond acceptors (Lipinski definition) is 3. The minimum atomic E-state index is 0.00940.